The minimum absolute atomic E-state index is 0.0974. The van der Waals surface area contributed by atoms with Crippen molar-refractivity contribution in [3.05, 3.63) is 52.4 Å². The fourth-order valence-electron chi connectivity index (χ4n) is 1.59. The molecule has 0 saturated heterocycles. The average Bonchev–Trinajstić information content (AvgIpc) is 2.37. The maximum absolute atomic E-state index is 10.9. The zero-order valence-electron chi connectivity index (χ0n) is 10.2. The maximum atomic E-state index is 10.9. The van der Waals surface area contributed by atoms with E-state index >= 15 is 0 Å². The van der Waals surface area contributed by atoms with E-state index in [0.29, 0.717) is 12.4 Å². The number of aromatic nitrogens is 2. The van der Waals surface area contributed by atoms with Crippen molar-refractivity contribution in [2.75, 3.05) is 5.32 Å². The first-order valence-electron chi connectivity index (χ1n) is 5.61. The molecule has 0 atom stereocenters. The van der Waals surface area contributed by atoms with Crippen LogP contribution >= 0.6 is 11.6 Å². The Morgan fingerprint density at radius 1 is 1.47 bits per heavy atom. The average molecular weight is 278 g/mol. The third-order valence-electron chi connectivity index (χ3n) is 2.60. The molecule has 0 aliphatic heterocycles. The molecule has 19 heavy (non-hydrogen) atoms. The molecule has 0 unspecified atom stereocenters. The first-order valence-corrected chi connectivity index (χ1v) is 5.99. The Bertz CT molecular complexity index is 617. The molecule has 2 N–H and O–H groups in total. The number of rotatable bonds is 4. The molecule has 0 spiro atoms. The molecule has 0 radical (unpaired) electrons. The number of halogens is 1. The van der Waals surface area contributed by atoms with E-state index in [1.54, 1.807) is 6.20 Å². The number of hydrogen-bond acceptors (Lipinski definition) is 4. The number of hydrogen-bond donors (Lipinski definition) is 2. The number of carboxylic acids is 1. The second kappa shape index (κ2) is 5.67. The van der Waals surface area contributed by atoms with Gasteiger partial charge in [0, 0.05) is 6.20 Å². The molecule has 5 nitrogen and oxygen atoms in total. The minimum atomic E-state index is -1.04. The van der Waals surface area contributed by atoms with Gasteiger partial charge in [-0.15, -0.1) is 0 Å². The molecule has 0 aliphatic carbocycles. The monoisotopic (exact) mass is 277 g/mol. The van der Waals surface area contributed by atoms with Crippen LogP contribution in [0, 0.1) is 6.92 Å². The summed E-state index contributed by atoms with van der Waals surface area (Å²) in [6.45, 7) is 2.41. The van der Waals surface area contributed by atoms with Crippen LogP contribution in [0.25, 0.3) is 0 Å². The van der Waals surface area contributed by atoms with E-state index in [9.17, 15) is 4.79 Å². The number of aryl methyl sites for hydroxylation is 1. The number of carbonyl (C=O) groups is 1. The van der Waals surface area contributed by atoms with E-state index in [1.807, 2.05) is 19.1 Å². The number of pyridine rings is 2. The molecule has 2 aromatic heterocycles. The number of aromatic carboxylic acids is 1. The van der Waals surface area contributed by atoms with Crippen LogP contribution in [-0.4, -0.2) is 21.0 Å². The molecule has 0 saturated carbocycles. The molecule has 98 valence electrons. The van der Waals surface area contributed by atoms with Gasteiger partial charge in [-0.1, -0.05) is 17.7 Å². The number of nitrogens with one attached hydrogen (secondary N) is 1. The lowest BCUT2D eigenvalue weighted by Gasteiger charge is -2.08. The largest absolute Gasteiger partial charge is 0.478 e. The normalized spacial score (nSPS) is 10.2. The molecular formula is C13H12ClN3O2. The van der Waals surface area contributed by atoms with Crippen LogP contribution in [0.2, 0.25) is 5.15 Å². The SMILES string of the molecule is Cc1cccnc1CNc1cc(C(=O)O)cc(Cl)n1. The highest BCUT2D eigenvalue weighted by Crippen LogP contribution is 2.15. The van der Waals surface area contributed by atoms with Gasteiger partial charge in [0.1, 0.15) is 11.0 Å². The molecule has 2 heterocycles. The summed E-state index contributed by atoms with van der Waals surface area (Å²) < 4.78 is 0. The quantitative estimate of drug-likeness (QED) is 0.841. The van der Waals surface area contributed by atoms with Gasteiger partial charge in [-0.3, -0.25) is 4.98 Å². The Balaban J connectivity index is 2.16. The second-order valence-electron chi connectivity index (χ2n) is 3.99. The first-order chi connectivity index (χ1) is 9.06. The second-order valence-corrected chi connectivity index (χ2v) is 4.38. The molecule has 0 aromatic carbocycles. The summed E-state index contributed by atoms with van der Waals surface area (Å²) in [7, 11) is 0. The van der Waals surface area contributed by atoms with Crippen molar-refractivity contribution >= 4 is 23.4 Å². The fourth-order valence-corrected chi connectivity index (χ4v) is 1.80. The highest BCUT2D eigenvalue weighted by molar-refractivity contribution is 6.29. The summed E-state index contributed by atoms with van der Waals surface area (Å²) in [6.07, 6.45) is 1.71. The molecule has 0 fully saturated rings. The number of anilines is 1. The minimum Gasteiger partial charge on any atom is -0.478 e. The first kappa shape index (κ1) is 13.3. The Labute approximate surface area is 115 Å². The summed E-state index contributed by atoms with van der Waals surface area (Å²) in [6, 6.07) is 6.56. The van der Waals surface area contributed by atoms with Crippen molar-refractivity contribution in [2.45, 2.75) is 13.5 Å². The van der Waals surface area contributed by atoms with Crippen molar-refractivity contribution in [1.29, 1.82) is 0 Å². The van der Waals surface area contributed by atoms with Crippen LogP contribution in [0.5, 0.6) is 0 Å². The molecular weight excluding hydrogens is 266 g/mol. The predicted molar refractivity (Wildman–Crippen MR) is 72.5 cm³/mol. The van der Waals surface area contributed by atoms with E-state index in [-0.39, 0.29) is 10.7 Å². The summed E-state index contributed by atoms with van der Waals surface area (Å²) in [5.41, 5.74) is 2.02. The summed E-state index contributed by atoms with van der Waals surface area (Å²) in [5, 5.41) is 12.1. The third kappa shape index (κ3) is 3.42. The summed E-state index contributed by atoms with van der Waals surface area (Å²) in [4.78, 5) is 19.2. The van der Waals surface area contributed by atoms with Crippen LogP contribution in [-0.2, 0) is 6.54 Å². The lowest BCUT2D eigenvalue weighted by Crippen LogP contribution is -2.06. The Morgan fingerprint density at radius 2 is 2.26 bits per heavy atom. The molecule has 6 heteroatoms. The van der Waals surface area contributed by atoms with E-state index in [0.717, 1.165) is 11.3 Å². The van der Waals surface area contributed by atoms with Gasteiger partial charge in [-0.2, -0.15) is 0 Å². The summed E-state index contributed by atoms with van der Waals surface area (Å²) in [5.74, 6) is -0.628. The van der Waals surface area contributed by atoms with Gasteiger partial charge in [0.05, 0.1) is 17.8 Å². The van der Waals surface area contributed by atoms with Gasteiger partial charge >= 0.3 is 5.97 Å². The number of nitrogens with zero attached hydrogens (tertiary/aromatic N) is 2. The van der Waals surface area contributed by atoms with E-state index in [1.165, 1.54) is 12.1 Å². The standard InChI is InChI=1S/C13H12ClN3O2/c1-8-3-2-4-15-10(8)7-16-12-6-9(13(18)19)5-11(14)17-12/h2-6H,7H2,1H3,(H,16,17)(H,18,19). The van der Waals surface area contributed by atoms with Crippen LogP contribution in [0.1, 0.15) is 21.6 Å². The lowest BCUT2D eigenvalue weighted by atomic mass is 10.2. The summed E-state index contributed by atoms with van der Waals surface area (Å²) >= 11 is 5.78. The van der Waals surface area contributed by atoms with Crippen molar-refractivity contribution in [2.24, 2.45) is 0 Å². The van der Waals surface area contributed by atoms with Crippen LogP contribution in [0.15, 0.2) is 30.5 Å². The predicted octanol–water partition coefficient (Wildman–Crippen LogP) is 2.75. The Morgan fingerprint density at radius 3 is 2.95 bits per heavy atom. The fraction of sp³-hybridized carbons (Fsp3) is 0.154. The van der Waals surface area contributed by atoms with Gasteiger partial charge in [0.25, 0.3) is 0 Å². The van der Waals surface area contributed by atoms with E-state index < -0.39 is 5.97 Å². The van der Waals surface area contributed by atoms with Gasteiger partial charge in [0.15, 0.2) is 0 Å². The number of carboxylic acid groups (broad SMARTS) is 1. The van der Waals surface area contributed by atoms with Crippen LogP contribution in [0.4, 0.5) is 5.82 Å². The molecule has 2 rings (SSSR count). The van der Waals surface area contributed by atoms with Crippen molar-refractivity contribution in [3.63, 3.8) is 0 Å². The van der Waals surface area contributed by atoms with E-state index in [4.69, 9.17) is 16.7 Å². The van der Waals surface area contributed by atoms with Crippen molar-refractivity contribution < 1.29 is 9.90 Å². The highest BCUT2D eigenvalue weighted by Gasteiger charge is 2.08. The third-order valence-corrected chi connectivity index (χ3v) is 2.79. The lowest BCUT2D eigenvalue weighted by molar-refractivity contribution is 0.0697. The highest BCUT2D eigenvalue weighted by atomic mass is 35.5. The molecule has 2 aromatic rings. The van der Waals surface area contributed by atoms with Crippen LogP contribution in [0.3, 0.4) is 0 Å². The van der Waals surface area contributed by atoms with Gasteiger partial charge in [-0.05, 0) is 30.7 Å². The van der Waals surface area contributed by atoms with Crippen LogP contribution < -0.4 is 5.32 Å². The zero-order chi connectivity index (χ0) is 13.8. The smallest absolute Gasteiger partial charge is 0.335 e. The van der Waals surface area contributed by atoms with Crippen molar-refractivity contribution in [3.8, 4) is 0 Å². The Kier molecular flexibility index (Phi) is 3.97. The topological polar surface area (TPSA) is 75.1 Å². The van der Waals surface area contributed by atoms with E-state index in [2.05, 4.69) is 15.3 Å². The van der Waals surface area contributed by atoms with Gasteiger partial charge < -0.3 is 10.4 Å². The maximum Gasteiger partial charge on any atom is 0.335 e. The van der Waals surface area contributed by atoms with Crippen molar-refractivity contribution in [1.82, 2.24) is 9.97 Å². The molecule has 0 amide bonds. The Hall–Kier alpha value is -2.14. The molecule has 0 bridgehead atoms. The molecule has 0 aliphatic rings. The van der Waals surface area contributed by atoms with Gasteiger partial charge in [0.2, 0.25) is 0 Å². The zero-order valence-corrected chi connectivity index (χ0v) is 11.0. The van der Waals surface area contributed by atoms with Gasteiger partial charge in [-0.25, -0.2) is 9.78 Å².